The fraction of sp³-hybridized carbons (Fsp3) is 0.333. The van der Waals surface area contributed by atoms with E-state index in [0.29, 0.717) is 17.4 Å². The number of carbonyl (C=O) groups excluding carboxylic acids is 2. The van der Waals surface area contributed by atoms with Crippen molar-refractivity contribution in [2.45, 2.75) is 60.6 Å². The van der Waals surface area contributed by atoms with Crippen LogP contribution in [-0.2, 0) is 22.6 Å². The van der Waals surface area contributed by atoms with E-state index in [2.05, 4.69) is 21.9 Å². The molecule has 1 amide bonds. The number of anilines is 2. The highest BCUT2D eigenvalue weighted by Gasteiger charge is 2.24. The second-order valence-corrected chi connectivity index (χ2v) is 10.3. The molecule has 0 fully saturated rings. The molecule has 3 aromatic rings. The maximum absolute atomic E-state index is 12.7. The molecule has 1 aromatic heterocycles. The van der Waals surface area contributed by atoms with Gasteiger partial charge in [0.25, 0.3) is 0 Å². The lowest BCUT2D eigenvalue weighted by Crippen LogP contribution is -2.27. The van der Waals surface area contributed by atoms with Gasteiger partial charge in [-0.2, -0.15) is 9.97 Å². The standard InChI is InChI=1S/C30H36N4O4/c1-8-34(20(2)3)26-21(4)27(33-29(32-26)31-25(35)18-22-12-10-9-11-13-22)37-19-23-14-16-24(17-15-23)38-28(36)30(5,6)7/h8-17,20H,1,18-19H2,2-7H3,(H,31,32,33,35). The van der Waals surface area contributed by atoms with Gasteiger partial charge < -0.3 is 14.4 Å². The number of esters is 1. The van der Waals surface area contributed by atoms with Crippen molar-refractivity contribution >= 4 is 23.6 Å². The Hall–Kier alpha value is -4.20. The van der Waals surface area contributed by atoms with Crippen LogP contribution in [0.3, 0.4) is 0 Å². The molecule has 38 heavy (non-hydrogen) atoms. The molecule has 0 atom stereocenters. The number of rotatable bonds is 10. The van der Waals surface area contributed by atoms with E-state index in [1.807, 2.05) is 68.1 Å². The third kappa shape index (κ3) is 7.65. The van der Waals surface area contributed by atoms with Gasteiger partial charge in [-0.3, -0.25) is 14.9 Å². The molecule has 0 aliphatic rings. The van der Waals surface area contributed by atoms with Gasteiger partial charge in [-0.15, -0.1) is 0 Å². The summed E-state index contributed by atoms with van der Waals surface area (Å²) in [6.45, 7) is 15.5. The molecular formula is C30H36N4O4. The van der Waals surface area contributed by atoms with Crippen LogP contribution in [0.2, 0.25) is 0 Å². The smallest absolute Gasteiger partial charge is 0.316 e. The minimum atomic E-state index is -0.590. The van der Waals surface area contributed by atoms with Crippen LogP contribution in [-0.4, -0.2) is 27.9 Å². The van der Waals surface area contributed by atoms with Crippen molar-refractivity contribution < 1.29 is 19.1 Å². The second-order valence-electron chi connectivity index (χ2n) is 10.3. The van der Waals surface area contributed by atoms with Crippen molar-refractivity contribution in [3.05, 3.63) is 84.1 Å². The van der Waals surface area contributed by atoms with Gasteiger partial charge in [-0.25, -0.2) is 0 Å². The van der Waals surface area contributed by atoms with Crippen molar-refractivity contribution in [3.8, 4) is 11.6 Å². The van der Waals surface area contributed by atoms with E-state index in [9.17, 15) is 9.59 Å². The summed E-state index contributed by atoms with van der Waals surface area (Å²) in [6.07, 6.45) is 1.89. The Morgan fingerprint density at radius 1 is 1.03 bits per heavy atom. The minimum absolute atomic E-state index is 0.0742. The zero-order chi connectivity index (χ0) is 27.9. The summed E-state index contributed by atoms with van der Waals surface area (Å²) in [5, 5.41) is 2.80. The highest BCUT2D eigenvalue weighted by molar-refractivity contribution is 5.91. The predicted octanol–water partition coefficient (Wildman–Crippen LogP) is 5.86. The number of hydrogen-bond acceptors (Lipinski definition) is 7. The summed E-state index contributed by atoms with van der Waals surface area (Å²) in [5.41, 5.74) is 1.88. The van der Waals surface area contributed by atoms with E-state index < -0.39 is 5.41 Å². The van der Waals surface area contributed by atoms with Crippen LogP contribution in [0.4, 0.5) is 11.8 Å². The van der Waals surface area contributed by atoms with Gasteiger partial charge in [-0.1, -0.05) is 49.0 Å². The molecule has 1 heterocycles. The first-order valence-electron chi connectivity index (χ1n) is 12.5. The number of carbonyl (C=O) groups is 2. The van der Waals surface area contributed by atoms with E-state index >= 15 is 0 Å². The molecule has 0 aliphatic carbocycles. The lowest BCUT2D eigenvalue weighted by atomic mass is 9.97. The zero-order valence-electron chi connectivity index (χ0n) is 22.9. The molecule has 0 saturated carbocycles. The second kappa shape index (κ2) is 12.4. The Morgan fingerprint density at radius 2 is 1.68 bits per heavy atom. The molecule has 8 heteroatoms. The fourth-order valence-electron chi connectivity index (χ4n) is 3.49. The maximum atomic E-state index is 12.7. The van der Waals surface area contributed by atoms with E-state index in [-0.39, 0.29) is 36.9 Å². The third-order valence-corrected chi connectivity index (χ3v) is 5.65. The summed E-state index contributed by atoms with van der Waals surface area (Å²) < 4.78 is 11.5. The Balaban J connectivity index is 1.80. The molecule has 0 saturated heterocycles. The van der Waals surface area contributed by atoms with E-state index in [1.54, 1.807) is 39.1 Å². The van der Waals surface area contributed by atoms with Crippen LogP contribution < -0.4 is 19.7 Å². The lowest BCUT2D eigenvalue weighted by Gasteiger charge is -2.26. The highest BCUT2D eigenvalue weighted by atomic mass is 16.5. The van der Waals surface area contributed by atoms with Crippen molar-refractivity contribution in [2.75, 3.05) is 10.2 Å². The Labute approximate surface area is 224 Å². The SMILES string of the molecule is C=CN(c1nc(NC(=O)Cc2ccccc2)nc(OCc2ccc(OC(=O)C(C)(C)C)cc2)c1C)C(C)C. The molecule has 3 rings (SSSR count). The van der Waals surface area contributed by atoms with E-state index in [4.69, 9.17) is 9.47 Å². The van der Waals surface area contributed by atoms with Gasteiger partial charge in [0.15, 0.2) is 0 Å². The highest BCUT2D eigenvalue weighted by Crippen LogP contribution is 2.29. The van der Waals surface area contributed by atoms with Crippen LogP contribution >= 0.6 is 0 Å². The minimum Gasteiger partial charge on any atom is -0.472 e. The molecule has 200 valence electrons. The molecule has 1 N–H and O–H groups in total. The largest absolute Gasteiger partial charge is 0.472 e. The number of hydrogen-bond donors (Lipinski definition) is 1. The van der Waals surface area contributed by atoms with E-state index in [0.717, 1.165) is 16.7 Å². The molecule has 2 aromatic carbocycles. The summed E-state index contributed by atoms with van der Waals surface area (Å²) in [5.74, 6) is 1.03. The van der Waals surface area contributed by atoms with Gasteiger partial charge in [-0.05, 0) is 71.0 Å². The van der Waals surface area contributed by atoms with Crippen LogP contribution in [0.5, 0.6) is 11.6 Å². The molecule has 0 bridgehead atoms. The van der Waals surface area contributed by atoms with Crippen molar-refractivity contribution in [1.82, 2.24) is 9.97 Å². The fourth-order valence-corrected chi connectivity index (χ4v) is 3.49. The normalized spacial score (nSPS) is 11.1. The molecule has 0 aliphatic heterocycles. The first-order chi connectivity index (χ1) is 18.0. The molecule has 0 spiro atoms. The number of nitrogens with zero attached hydrogens (tertiary/aromatic N) is 3. The number of nitrogens with one attached hydrogen (secondary N) is 1. The van der Waals surface area contributed by atoms with Crippen LogP contribution in [0.15, 0.2) is 67.4 Å². The van der Waals surface area contributed by atoms with Crippen LogP contribution in [0, 0.1) is 12.3 Å². The summed E-state index contributed by atoms with van der Waals surface area (Å²) in [7, 11) is 0. The van der Waals surface area contributed by atoms with Crippen molar-refractivity contribution in [3.63, 3.8) is 0 Å². The number of aromatic nitrogens is 2. The maximum Gasteiger partial charge on any atom is 0.316 e. The Morgan fingerprint density at radius 3 is 2.26 bits per heavy atom. The first-order valence-corrected chi connectivity index (χ1v) is 12.5. The van der Waals surface area contributed by atoms with Crippen molar-refractivity contribution in [1.29, 1.82) is 0 Å². The number of amides is 1. The molecule has 0 unspecified atom stereocenters. The number of ether oxygens (including phenoxy) is 2. The summed E-state index contributed by atoms with van der Waals surface area (Å²) >= 11 is 0. The van der Waals surface area contributed by atoms with E-state index in [1.165, 1.54) is 0 Å². The van der Waals surface area contributed by atoms with Crippen molar-refractivity contribution in [2.24, 2.45) is 5.41 Å². The average Bonchev–Trinajstić information content (AvgIpc) is 2.86. The number of benzene rings is 2. The van der Waals surface area contributed by atoms with Gasteiger partial charge in [0.2, 0.25) is 17.7 Å². The first kappa shape index (κ1) is 28.4. The third-order valence-electron chi connectivity index (χ3n) is 5.65. The topological polar surface area (TPSA) is 93.7 Å². The average molecular weight is 517 g/mol. The predicted molar refractivity (Wildman–Crippen MR) is 149 cm³/mol. The molecular weight excluding hydrogens is 480 g/mol. The Kier molecular flexibility index (Phi) is 9.23. The summed E-state index contributed by atoms with van der Waals surface area (Å²) in [6, 6.07) is 16.7. The van der Waals surface area contributed by atoms with Crippen LogP contribution in [0.1, 0.15) is 51.3 Å². The monoisotopic (exact) mass is 516 g/mol. The quantitative estimate of drug-likeness (QED) is 0.267. The summed E-state index contributed by atoms with van der Waals surface area (Å²) in [4.78, 5) is 35.8. The van der Waals surface area contributed by atoms with Gasteiger partial charge in [0.05, 0.1) is 17.4 Å². The zero-order valence-corrected chi connectivity index (χ0v) is 22.9. The van der Waals surface area contributed by atoms with Gasteiger partial charge in [0.1, 0.15) is 18.2 Å². The molecule has 8 nitrogen and oxygen atoms in total. The van der Waals surface area contributed by atoms with Crippen LogP contribution in [0.25, 0.3) is 0 Å². The molecule has 0 radical (unpaired) electrons. The van der Waals surface area contributed by atoms with Gasteiger partial charge >= 0.3 is 5.97 Å². The lowest BCUT2D eigenvalue weighted by molar-refractivity contribution is -0.143. The Bertz CT molecular complexity index is 1270. The van der Waals surface area contributed by atoms with Gasteiger partial charge in [0, 0.05) is 6.04 Å².